The van der Waals surface area contributed by atoms with Crippen LogP contribution in [0.25, 0.3) is 0 Å². The van der Waals surface area contributed by atoms with Gasteiger partial charge < -0.3 is 19.7 Å². The zero-order chi connectivity index (χ0) is 21.7. The van der Waals surface area contributed by atoms with Gasteiger partial charge in [0, 0.05) is 18.7 Å². The molecule has 0 saturated carbocycles. The third kappa shape index (κ3) is 4.79. The molecular weight excluding hydrogens is 384 g/mol. The Kier molecular flexibility index (Phi) is 6.72. The molecule has 1 fully saturated rings. The zero-order valence-electron chi connectivity index (χ0n) is 17.4. The van der Waals surface area contributed by atoms with E-state index in [1.807, 2.05) is 39.0 Å². The van der Waals surface area contributed by atoms with Crippen LogP contribution in [0.15, 0.2) is 42.5 Å². The molecule has 0 unspecified atom stereocenters. The second-order valence-electron chi connectivity index (χ2n) is 7.21. The summed E-state index contributed by atoms with van der Waals surface area (Å²) in [6.45, 7) is 6.07. The maximum Gasteiger partial charge on any atom is 0.311 e. The normalized spacial score (nSPS) is 15.8. The number of aryl methyl sites for hydroxylation is 1. The lowest BCUT2D eigenvalue weighted by Crippen LogP contribution is -2.28. The molecule has 2 aromatic carbocycles. The van der Waals surface area contributed by atoms with Crippen molar-refractivity contribution in [2.75, 3.05) is 30.0 Å². The number of ether oxygens (including phenoxy) is 2. The van der Waals surface area contributed by atoms with Crippen molar-refractivity contribution in [2.45, 2.75) is 27.2 Å². The second kappa shape index (κ2) is 9.43. The van der Waals surface area contributed by atoms with Gasteiger partial charge in [-0.15, -0.1) is 0 Å². The first-order valence-corrected chi connectivity index (χ1v) is 9.95. The van der Waals surface area contributed by atoms with E-state index in [2.05, 4.69) is 5.32 Å². The van der Waals surface area contributed by atoms with Crippen LogP contribution < -0.4 is 15.0 Å². The molecule has 30 heavy (non-hydrogen) atoms. The summed E-state index contributed by atoms with van der Waals surface area (Å²) in [4.78, 5) is 38.7. The van der Waals surface area contributed by atoms with E-state index in [1.54, 1.807) is 29.2 Å². The van der Waals surface area contributed by atoms with Gasteiger partial charge in [0.2, 0.25) is 5.91 Å². The van der Waals surface area contributed by atoms with Crippen molar-refractivity contribution in [3.63, 3.8) is 0 Å². The fourth-order valence-corrected chi connectivity index (χ4v) is 3.42. The minimum atomic E-state index is -0.596. The molecule has 0 spiro atoms. The number of para-hydroxylation sites is 2. The molecule has 1 aliphatic rings. The molecule has 1 atom stereocenters. The fourth-order valence-electron chi connectivity index (χ4n) is 3.42. The number of hydrogen-bond acceptors (Lipinski definition) is 5. The first-order chi connectivity index (χ1) is 14.4. The van der Waals surface area contributed by atoms with E-state index in [-0.39, 0.29) is 18.9 Å². The molecule has 0 aliphatic carbocycles. The van der Waals surface area contributed by atoms with Crippen molar-refractivity contribution in [1.82, 2.24) is 0 Å². The Morgan fingerprint density at radius 3 is 2.67 bits per heavy atom. The number of hydrogen-bond donors (Lipinski definition) is 1. The van der Waals surface area contributed by atoms with Gasteiger partial charge in [0.1, 0.15) is 5.75 Å². The van der Waals surface area contributed by atoms with Gasteiger partial charge in [-0.1, -0.05) is 24.3 Å². The minimum absolute atomic E-state index is 0.0704. The van der Waals surface area contributed by atoms with Gasteiger partial charge in [0.15, 0.2) is 6.61 Å². The van der Waals surface area contributed by atoms with Crippen molar-refractivity contribution in [2.24, 2.45) is 5.92 Å². The van der Waals surface area contributed by atoms with Crippen molar-refractivity contribution in [3.8, 4) is 5.75 Å². The molecule has 3 rings (SSSR count). The van der Waals surface area contributed by atoms with Gasteiger partial charge >= 0.3 is 5.97 Å². The van der Waals surface area contributed by atoms with Crippen LogP contribution in [0.2, 0.25) is 0 Å². The van der Waals surface area contributed by atoms with E-state index in [9.17, 15) is 14.4 Å². The van der Waals surface area contributed by atoms with E-state index in [4.69, 9.17) is 9.47 Å². The molecule has 1 N–H and O–H groups in total. The van der Waals surface area contributed by atoms with Gasteiger partial charge in [-0.2, -0.15) is 0 Å². The molecule has 7 nitrogen and oxygen atoms in total. The monoisotopic (exact) mass is 410 g/mol. The fraction of sp³-hybridized carbons (Fsp3) is 0.348. The van der Waals surface area contributed by atoms with E-state index < -0.39 is 24.4 Å². The maximum absolute atomic E-state index is 12.5. The molecule has 2 aromatic rings. The third-order valence-electron chi connectivity index (χ3n) is 5.13. The van der Waals surface area contributed by atoms with Crippen LogP contribution in [-0.4, -0.2) is 37.5 Å². The van der Waals surface area contributed by atoms with Crippen molar-refractivity contribution in [1.29, 1.82) is 0 Å². The Labute approximate surface area is 176 Å². The topological polar surface area (TPSA) is 84.9 Å². The minimum Gasteiger partial charge on any atom is -0.492 e. The highest BCUT2D eigenvalue weighted by atomic mass is 16.5. The number of amides is 2. The van der Waals surface area contributed by atoms with Gasteiger partial charge in [0.25, 0.3) is 5.91 Å². The lowest BCUT2D eigenvalue weighted by atomic mass is 10.1. The summed E-state index contributed by atoms with van der Waals surface area (Å²) in [5, 5.41) is 2.68. The Hall–Kier alpha value is -3.35. The predicted molar refractivity (Wildman–Crippen MR) is 114 cm³/mol. The van der Waals surface area contributed by atoms with E-state index in [1.165, 1.54) is 0 Å². The molecule has 0 bridgehead atoms. The number of nitrogens with zero attached hydrogens (tertiary/aromatic N) is 1. The van der Waals surface area contributed by atoms with Gasteiger partial charge in [-0.05, 0) is 50.1 Å². The third-order valence-corrected chi connectivity index (χ3v) is 5.13. The van der Waals surface area contributed by atoms with Crippen LogP contribution in [0.5, 0.6) is 5.75 Å². The van der Waals surface area contributed by atoms with Gasteiger partial charge in [-0.3, -0.25) is 14.4 Å². The highest BCUT2D eigenvalue weighted by molar-refractivity contribution is 6.00. The van der Waals surface area contributed by atoms with E-state index in [0.29, 0.717) is 18.0 Å². The van der Waals surface area contributed by atoms with Crippen LogP contribution in [0, 0.1) is 19.8 Å². The maximum atomic E-state index is 12.5. The summed E-state index contributed by atoms with van der Waals surface area (Å²) in [6, 6.07) is 12.8. The lowest BCUT2D eigenvalue weighted by molar-refractivity contribution is -0.151. The van der Waals surface area contributed by atoms with Crippen LogP contribution in [0.4, 0.5) is 11.4 Å². The number of nitrogens with one attached hydrogen (secondary N) is 1. The van der Waals surface area contributed by atoms with Crippen molar-refractivity contribution >= 4 is 29.2 Å². The first-order valence-electron chi connectivity index (χ1n) is 9.95. The number of anilines is 2. The molecule has 1 heterocycles. The highest BCUT2D eigenvalue weighted by Gasteiger charge is 2.37. The molecule has 0 radical (unpaired) electrons. The van der Waals surface area contributed by atoms with Crippen molar-refractivity contribution in [3.05, 3.63) is 53.6 Å². The Bertz CT molecular complexity index is 956. The highest BCUT2D eigenvalue weighted by Crippen LogP contribution is 2.30. The smallest absolute Gasteiger partial charge is 0.311 e. The summed E-state index contributed by atoms with van der Waals surface area (Å²) >= 11 is 0. The Balaban J connectivity index is 1.56. The first kappa shape index (κ1) is 21.4. The molecule has 1 aliphatic heterocycles. The second-order valence-corrected chi connectivity index (χ2v) is 7.21. The lowest BCUT2D eigenvalue weighted by Gasteiger charge is -2.20. The van der Waals surface area contributed by atoms with Crippen molar-refractivity contribution < 1.29 is 23.9 Å². The van der Waals surface area contributed by atoms with Crippen LogP contribution in [-0.2, 0) is 19.1 Å². The average Bonchev–Trinajstić information content (AvgIpc) is 3.11. The summed E-state index contributed by atoms with van der Waals surface area (Å²) in [7, 11) is 0. The quantitative estimate of drug-likeness (QED) is 0.709. The molecule has 0 aromatic heterocycles. The summed E-state index contributed by atoms with van der Waals surface area (Å²) in [5.74, 6) is -1.19. The van der Waals surface area contributed by atoms with Crippen LogP contribution >= 0.6 is 0 Å². The Morgan fingerprint density at radius 2 is 1.90 bits per heavy atom. The SMILES string of the molecule is CCOc1ccccc1NC(=O)COC(=O)[C@H]1CC(=O)N(c2cccc(C)c2C)C1. The van der Waals surface area contributed by atoms with Gasteiger partial charge in [0.05, 0.1) is 18.2 Å². The number of carbonyl (C=O) groups excluding carboxylic acids is 3. The number of benzene rings is 2. The van der Waals surface area contributed by atoms with Gasteiger partial charge in [-0.25, -0.2) is 0 Å². The van der Waals surface area contributed by atoms with Crippen LogP contribution in [0.3, 0.4) is 0 Å². The molecule has 158 valence electrons. The molecular formula is C23H26N2O5. The van der Waals surface area contributed by atoms with E-state index >= 15 is 0 Å². The zero-order valence-corrected chi connectivity index (χ0v) is 17.4. The molecule has 7 heteroatoms. The standard InChI is InChI=1S/C23H26N2O5/c1-4-29-20-11-6-5-9-18(20)24-21(26)14-30-23(28)17-12-22(27)25(13-17)19-10-7-8-15(2)16(19)3/h5-11,17H,4,12-14H2,1-3H3,(H,24,26)/t17-/m0/s1. The average molecular weight is 410 g/mol. The number of carbonyl (C=O) groups is 3. The molecule has 2 amide bonds. The summed E-state index contributed by atoms with van der Waals surface area (Å²) < 4.78 is 10.6. The molecule has 1 saturated heterocycles. The van der Waals surface area contributed by atoms with Crippen LogP contribution in [0.1, 0.15) is 24.5 Å². The number of esters is 1. The summed E-state index contributed by atoms with van der Waals surface area (Å²) in [6.07, 6.45) is 0.0704. The largest absolute Gasteiger partial charge is 0.492 e. The predicted octanol–water partition coefficient (Wildman–Crippen LogP) is 3.24. The number of rotatable bonds is 7. The Morgan fingerprint density at radius 1 is 1.13 bits per heavy atom. The van der Waals surface area contributed by atoms with E-state index in [0.717, 1.165) is 16.8 Å². The summed E-state index contributed by atoms with van der Waals surface area (Å²) in [5.41, 5.74) is 3.40.